The topological polar surface area (TPSA) is 114 Å². The molecule has 0 fully saturated rings. The zero-order valence-electron chi connectivity index (χ0n) is 15.6. The van der Waals surface area contributed by atoms with Crippen molar-refractivity contribution in [3.8, 4) is 0 Å². The van der Waals surface area contributed by atoms with Gasteiger partial charge in [-0.2, -0.15) is 5.10 Å². The van der Waals surface area contributed by atoms with E-state index in [2.05, 4.69) is 15.8 Å². The summed E-state index contributed by atoms with van der Waals surface area (Å²) in [5.41, 5.74) is 2.87. The van der Waals surface area contributed by atoms with E-state index in [0.717, 1.165) is 0 Å². The van der Waals surface area contributed by atoms with E-state index in [1.165, 1.54) is 42.6 Å². The summed E-state index contributed by atoms with van der Waals surface area (Å²) < 4.78 is 0. The number of hydrogen-bond acceptors (Lipinski definition) is 5. The molecule has 2 N–H and O–H groups in total. The van der Waals surface area contributed by atoms with Gasteiger partial charge in [0.2, 0.25) is 0 Å². The van der Waals surface area contributed by atoms with Gasteiger partial charge in [0.15, 0.2) is 0 Å². The van der Waals surface area contributed by atoms with Crippen LogP contribution in [0.2, 0.25) is 10.0 Å². The van der Waals surface area contributed by atoms with Crippen molar-refractivity contribution in [2.45, 2.75) is 19.9 Å². The third-order valence-corrected chi connectivity index (χ3v) is 4.43. The molecule has 152 valence electrons. The molecule has 29 heavy (non-hydrogen) atoms. The van der Waals surface area contributed by atoms with E-state index in [1.807, 2.05) is 0 Å². The Morgan fingerprint density at radius 1 is 1.17 bits per heavy atom. The fourth-order valence-electron chi connectivity index (χ4n) is 2.39. The first-order valence-electron chi connectivity index (χ1n) is 8.52. The van der Waals surface area contributed by atoms with Gasteiger partial charge in [0.05, 0.1) is 21.7 Å². The quantitative estimate of drug-likeness (QED) is 0.390. The van der Waals surface area contributed by atoms with Gasteiger partial charge in [-0.05, 0) is 24.1 Å². The van der Waals surface area contributed by atoms with Gasteiger partial charge >= 0.3 is 0 Å². The molecule has 2 aromatic rings. The zero-order chi connectivity index (χ0) is 21.6. The first-order chi connectivity index (χ1) is 13.7. The van der Waals surface area contributed by atoms with Crippen LogP contribution in [0.1, 0.15) is 29.8 Å². The molecular weight excluding hydrogens is 419 g/mol. The van der Waals surface area contributed by atoms with Crippen LogP contribution in [0, 0.1) is 16.0 Å². The van der Waals surface area contributed by atoms with Gasteiger partial charge in [-0.3, -0.25) is 19.7 Å². The Morgan fingerprint density at radius 3 is 2.52 bits per heavy atom. The number of carbonyl (C=O) groups excluding carboxylic acids is 2. The summed E-state index contributed by atoms with van der Waals surface area (Å²) in [5.74, 6) is -1.30. The summed E-state index contributed by atoms with van der Waals surface area (Å²) in [6.45, 7) is 3.52. The van der Waals surface area contributed by atoms with Gasteiger partial charge in [0.1, 0.15) is 6.04 Å². The van der Waals surface area contributed by atoms with E-state index in [4.69, 9.17) is 23.2 Å². The average Bonchev–Trinajstić information content (AvgIpc) is 2.65. The predicted molar refractivity (Wildman–Crippen MR) is 111 cm³/mol. The molecule has 0 aromatic heterocycles. The summed E-state index contributed by atoms with van der Waals surface area (Å²) >= 11 is 11.9. The van der Waals surface area contributed by atoms with Crippen molar-refractivity contribution in [3.05, 3.63) is 73.8 Å². The van der Waals surface area contributed by atoms with Crippen LogP contribution < -0.4 is 10.7 Å². The highest BCUT2D eigenvalue weighted by Gasteiger charge is 2.25. The standard InChI is InChI=1S/C19H18Cl2N4O4/c1-11(2)17(23-18(26)15-7-6-13(20)9-16(15)21)19(27)24-22-10-12-4-3-5-14(8-12)25(28)29/h3-11,17H,1-2H3,(H,23,26)(H,24,27). The number of nitrogens with one attached hydrogen (secondary N) is 2. The van der Waals surface area contributed by atoms with Crippen molar-refractivity contribution in [1.82, 2.24) is 10.7 Å². The predicted octanol–water partition coefficient (Wildman–Crippen LogP) is 3.81. The maximum Gasteiger partial charge on any atom is 0.270 e. The summed E-state index contributed by atoms with van der Waals surface area (Å²) in [5, 5.41) is 17.8. The number of amides is 2. The smallest absolute Gasteiger partial charge is 0.270 e. The van der Waals surface area contributed by atoms with Crippen LogP contribution in [0.25, 0.3) is 0 Å². The monoisotopic (exact) mass is 436 g/mol. The van der Waals surface area contributed by atoms with Crippen LogP contribution in [-0.4, -0.2) is 29.0 Å². The number of nitro groups is 1. The molecule has 0 heterocycles. The van der Waals surface area contributed by atoms with Gasteiger partial charge in [-0.25, -0.2) is 5.43 Å². The minimum Gasteiger partial charge on any atom is -0.340 e. The molecule has 0 aliphatic rings. The van der Waals surface area contributed by atoms with Crippen LogP contribution in [0.15, 0.2) is 47.6 Å². The maximum atomic E-state index is 12.5. The Hall–Kier alpha value is -2.97. The SMILES string of the molecule is CC(C)C(NC(=O)c1ccc(Cl)cc1Cl)C(=O)NN=Cc1cccc([N+](=O)[O-])c1. The van der Waals surface area contributed by atoms with Crippen LogP contribution in [0.5, 0.6) is 0 Å². The molecule has 2 rings (SSSR count). The van der Waals surface area contributed by atoms with E-state index >= 15 is 0 Å². The second-order valence-corrected chi connectivity index (χ2v) is 7.25. The lowest BCUT2D eigenvalue weighted by Gasteiger charge is -2.20. The van der Waals surface area contributed by atoms with Crippen molar-refractivity contribution < 1.29 is 14.5 Å². The van der Waals surface area contributed by atoms with E-state index < -0.39 is 22.8 Å². The lowest BCUT2D eigenvalue weighted by molar-refractivity contribution is -0.384. The lowest BCUT2D eigenvalue weighted by atomic mass is 10.0. The largest absolute Gasteiger partial charge is 0.340 e. The highest BCUT2D eigenvalue weighted by molar-refractivity contribution is 6.36. The Labute approximate surface area is 177 Å². The molecule has 1 atom stereocenters. The second-order valence-electron chi connectivity index (χ2n) is 6.41. The van der Waals surface area contributed by atoms with Crippen molar-refractivity contribution in [1.29, 1.82) is 0 Å². The first-order valence-corrected chi connectivity index (χ1v) is 9.28. The molecule has 8 nitrogen and oxygen atoms in total. The number of benzene rings is 2. The Kier molecular flexibility index (Phi) is 7.69. The number of nitro benzene ring substituents is 1. The maximum absolute atomic E-state index is 12.5. The molecule has 0 aliphatic heterocycles. The van der Waals surface area contributed by atoms with Gasteiger partial charge in [-0.15, -0.1) is 0 Å². The molecule has 10 heteroatoms. The summed E-state index contributed by atoms with van der Waals surface area (Å²) in [6.07, 6.45) is 1.28. The number of non-ortho nitro benzene ring substituents is 1. The third kappa shape index (κ3) is 6.27. The highest BCUT2D eigenvalue weighted by Crippen LogP contribution is 2.21. The van der Waals surface area contributed by atoms with Crippen LogP contribution in [0.4, 0.5) is 5.69 Å². The Morgan fingerprint density at radius 2 is 1.90 bits per heavy atom. The molecule has 2 amide bonds. The molecule has 0 aliphatic carbocycles. The van der Waals surface area contributed by atoms with E-state index in [-0.39, 0.29) is 22.2 Å². The first kappa shape index (κ1) is 22.3. The van der Waals surface area contributed by atoms with E-state index in [9.17, 15) is 19.7 Å². The van der Waals surface area contributed by atoms with Gasteiger partial charge in [0.25, 0.3) is 17.5 Å². The fraction of sp³-hybridized carbons (Fsp3) is 0.211. The Bertz CT molecular complexity index is 963. The molecule has 0 spiro atoms. The Balaban J connectivity index is 2.06. The van der Waals surface area contributed by atoms with E-state index in [0.29, 0.717) is 10.6 Å². The van der Waals surface area contributed by atoms with E-state index in [1.54, 1.807) is 19.9 Å². The number of nitrogens with zero attached hydrogens (tertiary/aromatic N) is 2. The average molecular weight is 437 g/mol. The van der Waals surface area contributed by atoms with Gasteiger partial charge in [-0.1, -0.05) is 49.2 Å². The number of halogens is 2. The van der Waals surface area contributed by atoms with Crippen molar-refractivity contribution >= 4 is 46.9 Å². The molecule has 0 saturated carbocycles. The number of hydrogen-bond donors (Lipinski definition) is 2. The van der Waals surface area contributed by atoms with Gasteiger partial charge in [0, 0.05) is 22.7 Å². The number of rotatable bonds is 7. The second kappa shape index (κ2) is 9.99. The summed E-state index contributed by atoms with van der Waals surface area (Å²) in [6, 6.07) is 9.33. The minimum atomic E-state index is -0.878. The molecule has 1 unspecified atom stereocenters. The highest BCUT2D eigenvalue weighted by atomic mass is 35.5. The van der Waals surface area contributed by atoms with Crippen molar-refractivity contribution in [3.63, 3.8) is 0 Å². The van der Waals surface area contributed by atoms with Crippen molar-refractivity contribution in [2.24, 2.45) is 11.0 Å². The zero-order valence-corrected chi connectivity index (χ0v) is 17.1. The number of hydrazone groups is 1. The third-order valence-electron chi connectivity index (χ3n) is 3.88. The molecule has 2 aromatic carbocycles. The molecule has 0 saturated heterocycles. The van der Waals surface area contributed by atoms with Crippen LogP contribution in [0.3, 0.4) is 0 Å². The van der Waals surface area contributed by atoms with Gasteiger partial charge < -0.3 is 5.32 Å². The van der Waals surface area contributed by atoms with Crippen LogP contribution in [-0.2, 0) is 4.79 Å². The summed E-state index contributed by atoms with van der Waals surface area (Å²) in [4.78, 5) is 35.2. The molecule has 0 radical (unpaired) electrons. The fourth-order valence-corrected chi connectivity index (χ4v) is 2.88. The van der Waals surface area contributed by atoms with Crippen LogP contribution >= 0.6 is 23.2 Å². The lowest BCUT2D eigenvalue weighted by Crippen LogP contribution is -2.48. The minimum absolute atomic E-state index is 0.0903. The normalized spacial score (nSPS) is 12.0. The summed E-state index contributed by atoms with van der Waals surface area (Å²) in [7, 11) is 0. The number of carbonyl (C=O) groups is 2. The van der Waals surface area contributed by atoms with Crippen molar-refractivity contribution in [2.75, 3.05) is 0 Å². The molecular formula is C19H18Cl2N4O4. The molecule has 0 bridgehead atoms.